The van der Waals surface area contributed by atoms with Gasteiger partial charge in [-0.05, 0) is 36.2 Å². The SMILES string of the molecule is CCNC(=NCc1cccc(C#N)c1)NCC1CC(=O)Nc2ccccc21.I. The van der Waals surface area contributed by atoms with E-state index < -0.39 is 0 Å². The minimum Gasteiger partial charge on any atom is -0.357 e. The minimum absolute atomic E-state index is 0. The molecule has 0 fully saturated rings. The number of anilines is 1. The van der Waals surface area contributed by atoms with Crippen LogP contribution in [0.4, 0.5) is 5.69 Å². The van der Waals surface area contributed by atoms with E-state index in [0.717, 1.165) is 23.4 Å². The third-order valence-corrected chi connectivity index (χ3v) is 4.44. The van der Waals surface area contributed by atoms with Gasteiger partial charge in [0.2, 0.25) is 5.91 Å². The van der Waals surface area contributed by atoms with Crippen molar-refractivity contribution in [1.29, 1.82) is 5.26 Å². The topological polar surface area (TPSA) is 89.3 Å². The molecule has 2 aromatic rings. The average Bonchev–Trinajstić information content (AvgIpc) is 2.70. The molecule has 0 saturated carbocycles. The summed E-state index contributed by atoms with van der Waals surface area (Å²) in [7, 11) is 0. The maximum Gasteiger partial charge on any atom is 0.225 e. The van der Waals surface area contributed by atoms with E-state index in [1.165, 1.54) is 0 Å². The van der Waals surface area contributed by atoms with Crippen LogP contribution in [-0.2, 0) is 11.3 Å². The van der Waals surface area contributed by atoms with Crippen LogP contribution in [0.1, 0.15) is 36.0 Å². The van der Waals surface area contributed by atoms with Crippen molar-refractivity contribution in [3.8, 4) is 6.07 Å². The molecule has 3 rings (SSSR count). The zero-order chi connectivity index (χ0) is 19.1. The fourth-order valence-electron chi connectivity index (χ4n) is 3.16. The summed E-state index contributed by atoms with van der Waals surface area (Å²) in [4.78, 5) is 16.6. The molecule has 0 spiro atoms. The molecule has 7 heteroatoms. The minimum atomic E-state index is 0. The number of carbonyl (C=O) groups is 1. The van der Waals surface area contributed by atoms with Crippen LogP contribution in [0.5, 0.6) is 0 Å². The van der Waals surface area contributed by atoms with Crippen LogP contribution >= 0.6 is 24.0 Å². The molecule has 3 N–H and O–H groups in total. The van der Waals surface area contributed by atoms with E-state index in [4.69, 9.17) is 5.26 Å². The highest BCUT2D eigenvalue weighted by molar-refractivity contribution is 14.0. The van der Waals surface area contributed by atoms with E-state index >= 15 is 0 Å². The van der Waals surface area contributed by atoms with Crippen molar-refractivity contribution in [3.63, 3.8) is 0 Å². The van der Waals surface area contributed by atoms with Gasteiger partial charge in [0.15, 0.2) is 5.96 Å². The number of guanidine groups is 1. The molecule has 146 valence electrons. The zero-order valence-electron chi connectivity index (χ0n) is 15.7. The largest absolute Gasteiger partial charge is 0.357 e. The number of carbonyl (C=O) groups excluding carboxylic acids is 1. The number of hydrogen-bond donors (Lipinski definition) is 3. The number of rotatable bonds is 5. The number of nitrogens with zero attached hydrogens (tertiary/aromatic N) is 2. The third kappa shape index (κ3) is 5.70. The van der Waals surface area contributed by atoms with Gasteiger partial charge in [-0.2, -0.15) is 5.26 Å². The molecular formula is C21H24IN5O. The van der Waals surface area contributed by atoms with Crippen LogP contribution in [0.2, 0.25) is 0 Å². The van der Waals surface area contributed by atoms with Crippen LogP contribution in [0.25, 0.3) is 0 Å². The molecule has 1 aliphatic heterocycles. The Morgan fingerprint density at radius 3 is 2.86 bits per heavy atom. The van der Waals surface area contributed by atoms with Gasteiger partial charge in [-0.3, -0.25) is 4.79 Å². The van der Waals surface area contributed by atoms with Crippen molar-refractivity contribution < 1.29 is 4.79 Å². The number of nitriles is 1. The fraction of sp³-hybridized carbons (Fsp3) is 0.286. The summed E-state index contributed by atoms with van der Waals surface area (Å²) in [5.41, 5.74) is 3.64. The maximum atomic E-state index is 12.0. The number of fused-ring (bicyclic) bond motifs is 1. The second-order valence-electron chi connectivity index (χ2n) is 6.42. The molecule has 1 atom stereocenters. The standard InChI is InChI=1S/C21H23N5O.HI/c1-2-23-21(24-13-16-7-5-6-15(10-16)12-22)25-14-17-11-20(27)26-19-9-4-3-8-18(17)19;/h3-10,17H,2,11,13-14H2,1H3,(H,26,27)(H2,23,24,25);1H. The van der Waals surface area contributed by atoms with E-state index in [1.807, 2.05) is 43.3 Å². The van der Waals surface area contributed by atoms with Crippen LogP contribution in [0.3, 0.4) is 0 Å². The summed E-state index contributed by atoms with van der Waals surface area (Å²) in [5, 5.41) is 18.5. The highest BCUT2D eigenvalue weighted by atomic mass is 127. The number of aliphatic imine (C=N–C) groups is 1. The lowest BCUT2D eigenvalue weighted by molar-refractivity contribution is -0.116. The van der Waals surface area contributed by atoms with Crippen molar-refractivity contribution in [2.75, 3.05) is 18.4 Å². The molecule has 1 aliphatic rings. The molecule has 0 aromatic heterocycles. The first-order chi connectivity index (χ1) is 13.2. The second-order valence-corrected chi connectivity index (χ2v) is 6.42. The number of hydrogen-bond acceptors (Lipinski definition) is 3. The summed E-state index contributed by atoms with van der Waals surface area (Å²) in [5.74, 6) is 0.833. The fourth-order valence-corrected chi connectivity index (χ4v) is 3.16. The molecular weight excluding hydrogens is 465 g/mol. The third-order valence-electron chi connectivity index (χ3n) is 4.44. The van der Waals surface area contributed by atoms with Crippen molar-refractivity contribution in [2.45, 2.75) is 25.8 Å². The Morgan fingerprint density at radius 1 is 1.25 bits per heavy atom. The van der Waals surface area contributed by atoms with Gasteiger partial charge >= 0.3 is 0 Å². The quantitative estimate of drug-likeness (QED) is 0.342. The van der Waals surface area contributed by atoms with Crippen LogP contribution in [0.15, 0.2) is 53.5 Å². The summed E-state index contributed by atoms with van der Waals surface area (Å²) < 4.78 is 0. The van der Waals surface area contributed by atoms with E-state index in [1.54, 1.807) is 6.07 Å². The van der Waals surface area contributed by atoms with Gasteiger partial charge in [0, 0.05) is 31.1 Å². The molecule has 0 saturated heterocycles. The summed E-state index contributed by atoms with van der Waals surface area (Å²) in [6, 6.07) is 17.5. The van der Waals surface area contributed by atoms with Gasteiger partial charge in [0.1, 0.15) is 0 Å². The van der Waals surface area contributed by atoms with Crippen LogP contribution in [-0.4, -0.2) is 25.0 Å². The molecule has 1 amide bonds. The predicted molar refractivity (Wildman–Crippen MR) is 122 cm³/mol. The Bertz CT molecular complexity index is 890. The number of para-hydroxylation sites is 1. The van der Waals surface area contributed by atoms with Crippen molar-refractivity contribution >= 4 is 41.5 Å². The lowest BCUT2D eigenvalue weighted by Crippen LogP contribution is -2.40. The Kier molecular flexibility index (Phi) is 8.26. The Morgan fingerprint density at radius 2 is 2.07 bits per heavy atom. The maximum absolute atomic E-state index is 12.0. The van der Waals surface area contributed by atoms with E-state index in [2.05, 4.69) is 33.1 Å². The Hall–Kier alpha value is -2.60. The van der Waals surface area contributed by atoms with Crippen LogP contribution in [0, 0.1) is 11.3 Å². The van der Waals surface area contributed by atoms with Crippen LogP contribution < -0.4 is 16.0 Å². The first kappa shape index (κ1) is 21.7. The molecule has 28 heavy (non-hydrogen) atoms. The van der Waals surface area contributed by atoms with Crippen molar-refractivity contribution in [2.24, 2.45) is 4.99 Å². The van der Waals surface area contributed by atoms with Gasteiger partial charge in [-0.1, -0.05) is 30.3 Å². The highest BCUT2D eigenvalue weighted by Gasteiger charge is 2.24. The lowest BCUT2D eigenvalue weighted by atomic mass is 9.90. The number of benzene rings is 2. The van der Waals surface area contributed by atoms with Gasteiger partial charge in [-0.25, -0.2) is 4.99 Å². The normalized spacial score (nSPS) is 15.5. The van der Waals surface area contributed by atoms with Gasteiger partial charge in [0.25, 0.3) is 0 Å². The second kappa shape index (κ2) is 10.7. The Labute approximate surface area is 182 Å². The monoisotopic (exact) mass is 489 g/mol. The number of nitrogens with one attached hydrogen (secondary N) is 3. The molecule has 0 bridgehead atoms. The number of amides is 1. The van der Waals surface area contributed by atoms with E-state index in [-0.39, 0.29) is 35.8 Å². The van der Waals surface area contributed by atoms with E-state index in [0.29, 0.717) is 31.0 Å². The van der Waals surface area contributed by atoms with E-state index in [9.17, 15) is 4.79 Å². The number of halogens is 1. The summed E-state index contributed by atoms with van der Waals surface area (Å²) in [6.07, 6.45) is 0.452. The molecule has 0 aliphatic carbocycles. The van der Waals surface area contributed by atoms with Crippen molar-refractivity contribution in [3.05, 3.63) is 65.2 Å². The molecule has 1 heterocycles. The first-order valence-electron chi connectivity index (χ1n) is 9.09. The summed E-state index contributed by atoms with van der Waals surface area (Å²) in [6.45, 7) is 3.85. The van der Waals surface area contributed by atoms with Gasteiger partial charge in [0.05, 0.1) is 18.2 Å². The average molecular weight is 489 g/mol. The smallest absolute Gasteiger partial charge is 0.225 e. The van der Waals surface area contributed by atoms with Gasteiger partial charge in [-0.15, -0.1) is 24.0 Å². The lowest BCUT2D eigenvalue weighted by Gasteiger charge is -2.26. The predicted octanol–water partition coefficient (Wildman–Crippen LogP) is 3.36. The molecule has 1 unspecified atom stereocenters. The zero-order valence-corrected chi connectivity index (χ0v) is 18.1. The molecule has 6 nitrogen and oxygen atoms in total. The molecule has 0 radical (unpaired) electrons. The highest BCUT2D eigenvalue weighted by Crippen LogP contribution is 2.31. The first-order valence-corrected chi connectivity index (χ1v) is 9.09. The summed E-state index contributed by atoms with van der Waals surface area (Å²) >= 11 is 0. The Balaban J connectivity index is 0.00000280. The van der Waals surface area contributed by atoms with Crippen molar-refractivity contribution in [1.82, 2.24) is 10.6 Å². The molecule has 2 aromatic carbocycles. The van der Waals surface area contributed by atoms with Gasteiger partial charge < -0.3 is 16.0 Å².